The third kappa shape index (κ3) is 2.70. The van der Waals surface area contributed by atoms with Crippen LogP contribution < -0.4 is 5.73 Å². The van der Waals surface area contributed by atoms with Crippen LogP contribution in [0.4, 0.5) is 5.69 Å². The van der Waals surface area contributed by atoms with Crippen LogP contribution in [0.25, 0.3) is 10.8 Å². The van der Waals surface area contributed by atoms with Crippen molar-refractivity contribution in [2.75, 3.05) is 12.3 Å². The van der Waals surface area contributed by atoms with Gasteiger partial charge >= 0.3 is 0 Å². The van der Waals surface area contributed by atoms with E-state index in [4.69, 9.17) is 10.8 Å². The molecule has 0 aliphatic carbocycles. The van der Waals surface area contributed by atoms with Gasteiger partial charge in [-0.2, -0.15) is 0 Å². The van der Waals surface area contributed by atoms with Crippen LogP contribution in [-0.4, -0.2) is 21.9 Å². The van der Waals surface area contributed by atoms with Gasteiger partial charge in [-0.25, -0.2) is 0 Å². The molecule has 3 nitrogen and oxygen atoms in total. The van der Waals surface area contributed by atoms with Crippen LogP contribution >= 0.6 is 11.8 Å². The molecule has 0 saturated heterocycles. The monoisotopic (exact) mass is 248 g/mol. The summed E-state index contributed by atoms with van der Waals surface area (Å²) in [6.45, 7) is 2.33. The van der Waals surface area contributed by atoms with Crippen LogP contribution in [-0.2, 0) is 0 Å². The molecular formula is C13H16N2OS. The van der Waals surface area contributed by atoms with Gasteiger partial charge in [-0.05, 0) is 24.6 Å². The van der Waals surface area contributed by atoms with E-state index in [0.29, 0.717) is 5.25 Å². The molecule has 17 heavy (non-hydrogen) atoms. The normalized spacial score (nSPS) is 12.8. The van der Waals surface area contributed by atoms with Gasteiger partial charge in [-0.1, -0.05) is 6.92 Å². The van der Waals surface area contributed by atoms with Crippen molar-refractivity contribution < 1.29 is 5.11 Å². The lowest BCUT2D eigenvalue weighted by Crippen LogP contribution is -1.99. The molecule has 1 unspecified atom stereocenters. The number of benzene rings is 1. The smallest absolute Gasteiger partial charge is 0.0441 e. The lowest BCUT2D eigenvalue weighted by molar-refractivity contribution is 0.289. The maximum atomic E-state index is 8.93. The lowest BCUT2D eigenvalue weighted by atomic mass is 10.1. The number of pyridine rings is 1. The third-order valence-electron chi connectivity index (χ3n) is 2.68. The van der Waals surface area contributed by atoms with Crippen LogP contribution in [0.3, 0.4) is 0 Å². The topological polar surface area (TPSA) is 59.1 Å². The number of hydrogen-bond acceptors (Lipinski definition) is 4. The molecule has 0 aliphatic rings. The molecule has 1 atom stereocenters. The number of hydrogen-bond donors (Lipinski definition) is 2. The van der Waals surface area contributed by atoms with Gasteiger partial charge in [0.05, 0.1) is 0 Å². The third-order valence-corrected chi connectivity index (χ3v) is 3.92. The molecular weight excluding hydrogens is 232 g/mol. The molecule has 1 aromatic heterocycles. The Bertz CT molecular complexity index is 516. The first kappa shape index (κ1) is 12.2. The Morgan fingerprint density at radius 2 is 2.18 bits per heavy atom. The molecule has 0 bridgehead atoms. The Morgan fingerprint density at radius 3 is 2.94 bits per heavy atom. The maximum Gasteiger partial charge on any atom is 0.0441 e. The van der Waals surface area contributed by atoms with Gasteiger partial charge in [0.25, 0.3) is 0 Å². The van der Waals surface area contributed by atoms with E-state index in [1.54, 1.807) is 18.0 Å². The molecule has 0 fully saturated rings. The molecule has 3 N–H and O–H groups in total. The first-order valence-corrected chi connectivity index (χ1v) is 6.50. The minimum absolute atomic E-state index is 0.222. The quantitative estimate of drug-likeness (QED) is 0.645. The van der Waals surface area contributed by atoms with Crippen molar-refractivity contribution >= 4 is 28.2 Å². The van der Waals surface area contributed by atoms with Crippen LogP contribution in [0.2, 0.25) is 0 Å². The highest BCUT2D eigenvalue weighted by Gasteiger charge is 2.08. The van der Waals surface area contributed by atoms with Gasteiger partial charge in [0, 0.05) is 45.6 Å². The fourth-order valence-electron chi connectivity index (χ4n) is 1.75. The van der Waals surface area contributed by atoms with Crippen LogP contribution in [0.5, 0.6) is 0 Å². The summed E-state index contributed by atoms with van der Waals surface area (Å²) < 4.78 is 0. The van der Waals surface area contributed by atoms with Crippen molar-refractivity contribution in [2.24, 2.45) is 0 Å². The predicted octanol–water partition coefficient (Wildman–Crippen LogP) is 2.68. The van der Waals surface area contributed by atoms with Gasteiger partial charge in [0.15, 0.2) is 0 Å². The zero-order valence-electron chi connectivity index (χ0n) is 9.76. The molecule has 1 heterocycles. The zero-order valence-corrected chi connectivity index (χ0v) is 10.6. The number of aliphatic hydroxyl groups excluding tert-OH is 1. The van der Waals surface area contributed by atoms with E-state index in [-0.39, 0.29) is 6.61 Å². The van der Waals surface area contributed by atoms with E-state index in [2.05, 4.69) is 11.9 Å². The van der Waals surface area contributed by atoms with E-state index in [1.165, 1.54) is 4.90 Å². The highest BCUT2D eigenvalue weighted by Crippen LogP contribution is 2.33. The second-order valence-corrected chi connectivity index (χ2v) is 5.50. The van der Waals surface area contributed by atoms with Gasteiger partial charge < -0.3 is 10.8 Å². The average Bonchev–Trinajstić information content (AvgIpc) is 2.34. The van der Waals surface area contributed by atoms with Gasteiger partial charge in [-0.3, -0.25) is 4.98 Å². The van der Waals surface area contributed by atoms with Crippen molar-refractivity contribution in [1.82, 2.24) is 4.98 Å². The summed E-state index contributed by atoms with van der Waals surface area (Å²) in [7, 11) is 0. The molecule has 2 rings (SSSR count). The van der Waals surface area contributed by atoms with Crippen molar-refractivity contribution in [3.63, 3.8) is 0 Å². The van der Waals surface area contributed by atoms with E-state index >= 15 is 0 Å². The second kappa shape index (κ2) is 5.38. The van der Waals surface area contributed by atoms with Crippen molar-refractivity contribution in [3.05, 3.63) is 30.6 Å². The van der Waals surface area contributed by atoms with Crippen LogP contribution in [0, 0.1) is 0 Å². The average molecular weight is 248 g/mol. The second-order valence-electron chi connectivity index (χ2n) is 4.01. The Morgan fingerprint density at radius 1 is 1.35 bits per heavy atom. The van der Waals surface area contributed by atoms with Gasteiger partial charge in [0.2, 0.25) is 0 Å². The summed E-state index contributed by atoms with van der Waals surface area (Å²) in [5.74, 6) is 0. The number of nitrogens with zero attached hydrogens (tertiary/aromatic N) is 1. The number of aliphatic hydroxyl groups is 1. The molecule has 0 aliphatic heterocycles. The van der Waals surface area contributed by atoms with Gasteiger partial charge in [0.1, 0.15) is 0 Å². The molecule has 90 valence electrons. The highest BCUT2D eigenvalue weighted by atomic mass is 32.2. The molecule has 2 aromatic rings. The first-order chi connectivity index (χ1) is 8.22. The highest BCUT2D eigenvalue weighted by molar-refractivity contribution is 8.00. The SMILES string of the molecule is CC(CCO)Sc1ccc(N)c2ccncc12. The van der Waals surface area contributed by atoms with Crippen LogP contribution in [0.1, 0.15) is 13.3 Å². The summed E-state index contributed by atoms with van der Waals surface area (Å²) in [5.41, 5.74) is 6.72. The Balaban J connectivity index is 2.38. The molecule has 0 spiro atoms. The predicted molar refractivity (Wildman–Crippen MR) is 73.2 cm³/mol. The molecule has 1 aromatic carbocycles. The first-order valence-electron chi connectivity index (χ1n) is 5.62. The number of nitrogens with two attached hydrogens (primary N) is 1. The number of fused-ring (bicyclic) bond motifs is 1. The standard InChI is InChI=1S/C13H16N2OS/c1-9(5-7-16)17-13-3-2-12(14)10-4-6-15-8-11(10)13/h2-4,6,8-9,16H,5,7,14H2,1H3. The van der Waals surface area contributed by atoms with E-state index in [0.717, 1.165) is 22.9 Å². The Kier molecular flexibility index (Phi) is 3.86. The van der Waals surface area contributed by atoms with Crippen LogP contribution in [0.15, 0.2) is 35.5 Å². The van der Waals surface area contributed by atoms with E-state index in [1.807, 2.05) is 24.4 Å². The fraction of sp³-hybridized carbons (Fsp3) is 0.308. The summed E-state index contributed by atoms with van der Waals surface area (Å²) in [6, 6.07) is 5.89. The number of anilines is 1. The minimum atomic E-state index is 0.222. The minimum Gasteiger partial charge on any atom is -0.398 e. The molecule has 0 radical (unpaired) electrons. The number of rotatable bonds is 4. The molecule has 0 saturated carbocycles. The van der Waals surface area contributed by atoms with Crippen molar-refractivity contribution in [3.8, 4) is 0 Å². The summed E-state index contributed by atoms with van der Waals surface area (Å²) in [4.78, 5) is 5.32. The number of thioether (sulfide) groups is 1. The number of aromatic nitrogens is 1. The van der Waals surface area contributed by atoms with Gasteiger partial charge in [-0.15, -0.1) is 11.8 Å². The summed E-state index contributed by atoms with van der Waals surface area (Å²) in [5, 5.41) is 11.4. The lowest BCUT2D eigenvalue weighted by Gasteiger charge is -2.12. The largest absolute Gasteiger partial charge is 0.398 e. The fourth-order valence-corrected chi connectivity index (χ4v) is 2.84. The summed E-state index contributed by atoms with van der Waals surface area (Å²) >= 11 is 1.75. The number of nitrogen functional groups attached to an aromatic ring is 1. The Hall–Kier alpha value is -1.26. The molecule has 4 heteroatoms. The zero-order chi connectivity index (χ0) is 12.3. The molecule has 0 amide bonds. The van der Waals surface area contributed by atoms with Crippen molar-refractivity contribution in [1.29, 1.82) is 0 Å². The van der Waals surface area contributed by atoms with Crippen molar-refractivity contribution in [2.45, 2.75) is 23.5 Å². The summed E-state index contributed by atoms with van der Waals surface area (Å²) in [6.07, 6.45) is 4.39. The maximum absolute atomic E-state index is 8.93. The van der Waals surface area contributed by atoms with E-state index in [9.17, 15) is 0 Å². The van der Waals surface area contributed by atoms with E-state index < -0.39 is 0 Å². The Labute approximate surface area is 105 Å².